The second kappa shape index (κ2) is 10.8. The predicted molar refractivity (Wildman–Crippen MR) is 151 cm³/mol. The Morgan fingerprint density at radius 3 is 2.02 bits per heavy atom. The summed E-state index contributed by atoms with van der Waals surface area (Å²) in [6.45, 7) is 2.70. The van der Waals surface area contributed by atoms with E-state index in [1.165, 1.54) is 45.7 Å². The van der Waals surface area contributed by atoms with Crippen LogP contribution < -0.4 is 0 Å². The molecule has 0 aromatic carbocycles. The van der Waals surface area contributed by atoms with Crippen LogP contribution in [-0.4, -0.2) is 102 Å². The third kappa shape index (κ3) is 4.03. The largest absolute Gasteiger partial charge is 0.492 e. The SMILES string of the molecule is COC1=C(C)C(=O)C2=C(C1=O)[C@H]1[C@@H]3CC4=C(C(=O)C(OC)=C(C)C4=O)[C@H](COC(=O)c4ccncc4)N3[C@@H](C#N)[C@H](C2)N1C. The molecule has 0 amide bonds. The van der Waals surface area contributed by atoms with E-state index in [2.05, 4.69) is 11.1 Å². The van der Waals surface area contributed by atoms with Crippen LogP contribution in [0.25, 0.3) is 0 Å². The molecule has 1 fully saturated rings. The summed E-state index contributed by atoms with van der Waals surface area (Å²) in [7, 11) is 4.44. The standard InChI is InChI=1S/C32H30N4O8/c1-14-26(37)17-11-20-25-24-18(27(38)15(2)31(43-5)29(24)40)10-19(35(25)3)21(12-33)36(20)22(23(17)28(39)30(14)42-4)13-44-32(41)16-6-8-34-9-7-16/h6-9,19-22,25H,10-11,13H2,1-5H3/t19-,20-,21-,22-,25+/m0/s1. The topological polar surface area (TPSA) is 156 Å². The number of fused-ring (bicyclic) bond motifs is 5. The molecule has 0 saturated carbocycles. The van der Waals surface area contributed by atoms with Crippen molar-refractivity contribution in [2.75, 3.05) is 27.9 Å². The lowest BCUT2D eigenvalue weighted by Crippen LogP contribution is -2.74. The molecule has 0 unspecified atom stereocenters. The minimum Gasteiger partial charge on any atom is -0.492 e. The molecule has 5 atom stereocenters. The molecule has 1 aromatic rings. The maximum absolute atomic E-state index is 13.9. The van der Waals surface area contributed by atoms with E-state index in [-0.39, 0.29) is 70.2 Å². The van der Waals surface area contributed by atoms with Crippen molar-refractivity contribution in [1.29, 1.82) is 5.26 Å². The van der Waals surface area contributed by atoms with E-state index in [4.69, 9.17) is 14.2 Å². The van der Waals surface area contributed by atoms with Crippen LogP contribution in [0.15, 0.2) is 69.5 Å². The first-order valence-corrected chi connectivity index (χ1v) is 14.2. The zero-order valence-electron chi connectivity index (χ0n) is 24.9. The van der Waals surface area contributed by atoms with Crippen molar-refractivity contribution in [1.82, 2.24) is 14.8 Å². The number of hydrogen-bond acceptors (Lipinski definition) is 12. The Balaban J connectivity index is 1.51. The predicted octanol–water partition coefficient (Wildman–Crippen LogP) is 1.40. The molecule has 1 saturated heterocycles. The van der Waals surface area contributed by atoms with Crippen molar-refractivity contribution in [3.8, 4) is 6.07 Å². The van der Waals surface area contributed by atoms with Gasteiger partial charge in [-0.1, -0.05) is 0 Å². The van der Waals surface area contributed by atoms with Gasteiger partial charge >= 0.3 is 5.97 Å². The Labute approximate surface area is 253 Å². The van der Waals surface area contributed by atoms with E-state index < -0.39 is 53.5 Å². The number of nitrogens with zero attached hydrogens (tertiary/aromatic N) is 4. The van der Waals surface area contributed by atoms with E-state index in [0.717, 1.165) is 0 Å². The van der Waals surface area contributed by atoms with E-state index in [9.17, 15) is 29.2 Å². The molecule has 5 aliphatic rings. The number of Topliss-reactive ketones (excluding diaryl/α,β-unsaturated/α-hetero) is 4. The van der Waals surface area contributed by atoms with Gasteiger partial charge in [0.1, 0.15) is 12.6 Å². The van der Waals surface area contributed by atoms with Gasteiger partial charge in [0.2, 0.25) is 11.6 Å². The first kappa shape index (κ1) is 29.3. The van der Waals surface area contributed by atoms with Crippen LogP contribution in [0.1, 0.15) is 37.0 Å². The van der Waals surface area contributed by atoms with Crippen molar-refractivity contribution in [3.05, 3.63) is 75.0 Å². The zero-order chi connectivity index (χ0) is 31.6. The van der Waals surface area contributed by atoms with Crippen molar-refractivity contribution in [2.24, 2.45) is 0 Å². The van der Waals surface area contributed by atoms with Gasteiger partial charge in [-0.3, -0.25) is 34.0 Å². The lowest BCUT2D eigenvalue weighted by molar-refractivity contribution is -0.126. The Kier molecular flexibility index (Phi) is 7.18. The van der Waals surface area contributed by atoms with E-state index >= 15 is 0 Å². The highest BCUT2D eigenvalue weighted by molar-refractivity contribution is 6.26. The fourth-order valence-corrected chi connectivity index (χ4v) is 7.50. The Bertz CT molecular complexity index is 1710. The number of ketones is 4. The summed E-state index contributed by atoms with van der Waals surface area (Å²) in [4.78, 5) is 75.7. The number of ether oxygens (including phenoxy) is 3. The molecule has 0 N–H and O–H groups in total. The summed E-state index contributed by atoms with van der Waals surface area (Å²) in [6.07, 6.45) is 3.03. The minimum absolute atomic E-state index is 0.0201. The molecule has 226 valence electrons. The summed E-state index contributed by atoms with van der Waals surface area (Å²) in [5.41, 5.74) is 1.51. The monoisotopic (exact) mass is 598 g/mol. The second-order valence-electron chi connectivity index (χ2n) is 11.4. The third-order valence-electron chi connectivity index (χ3n) is 9.50. The Hall–Kier alpha value is -4.73. The normalized spacial score (nSPS) is 28.9. The van der Waals surface area contributed by atoms with Gasteiger partial charge in [0.05, 0.1) is 37.9 Å². The molecule has 0 radical (unpaired) electrons. The molecular formula is C32H30N4O8. The molecule has 1 aromatic heterocycles. The van der Waals surface area contributed by atoms with Gasteiger partial charge in [-0.25, -0.2) is 4.79 Å². The molecular weight excluding hydrogens is 568 g/mol. The van der Waals surface area contributed by atoms with Gasteiger partial charge in [0.15, 0.2) is 23.1 Å². The molecule has 0 spiro atoms. The number of carbonyl (C=O) groups excluding carboxylic acids is 5. The number of esters is 1. The van der Waals surface area contributed by atoms with Crippen molar-refractivity contribution in [2.45, 2.75) is 56.9 Å². The highest BCUT2D eigenvalue weighted by Crippen LogP contribution is 2.49. The Morgan fingerprint density at radius 2 is 1.45 bits per heavy atom. The lowest BCUT2D eigenvalue weighted by atomic mass is 9.67. The number of likely N-dealkylation sites (N-methyl/N-ethyl adjacent to an activating group) is 1. The minimum atomic E-state index is -1.01. The lowest BCUT2D eigenvalue weighted by Gasteiger charge is -2.60. The van der Waals surface area contributed by atoms with Gasteiger partial charge in [-0.15, -0.1) is 0 Å². The summed E-state index contributed by atoms with van der Waals surface area (Å²) in [5.74, 6) is -2.47. The first-order chi connectivity index (χ1) is 21.1. The molecule has 4 heterocycles. The number of methoxy groups -OCH3 is 2. The molecule has 2 aliphatic carbocycles. The van der Waals surface area contributed by atoms with Crippen molar-refractivity contribution >= 4 is 29.1 Å². The highest BCUT2D eigenvalue weighted by Gasteiger charge is 2.60. The van der Waals surface area contributed by atoms with Gasteiger partial charge in [-0.05, 0) is 45.9 Å². The quantitative estimate of drug-likeness (QED) is 0.355. The second-order valence-corrected chi connectivity index (χ2v) is 11.4. The number of piperazine rings is 1. The summed E-state index contributed by atoms with van der Waals surface area (Å²) < 4.78 is 16.5. The van der Waals surface area contributed by atoms with Crippen molar-refractivity contribution < 1.29 is 38.2 Å². The summed E-state index contributed by atoms with van der Waals surface area (Å²) in [6, 6.07) is 1.49. The number of allylic oxidation sites excluding steroid dienone is 4. The first-order valence-electron chi connectivity index (χ1n) is 14.2. The van der Waals surface area contributed by atoms with Crippen LogP contribution in [0.2, 0.25) is 0 Å². The van der Waals surface area contributed by atoms with E-state index in [1.54, 1.807) is 18.9 Å². The van der Waals surface area contributed by atoms with Crippen LogP contribution >= 0.6 is 0 Å². The number of pyridine rings is 1. The van der Waals surface area contributed by atoms with E-state index in [1.807, 2.05) is 4.90 Å². The number of aromatic nitrogens is 1. The summed E-state index contributed by atoms with van der Waals surface area (Å²) >= 11 is 0. The Morgan fingerprint density at radius 1 is 0.909 bits per heavy atom. The van der Waals surface area contributed by atoms with Gasteiger partial charge < -0.3 is 14.2 Å². The molecule has 44 heavy (non-hydrogen) atoms. The number of hydrogen-bond donors (Lipinski definition) is 0. The van der Waals surface area contributed by atoms with Crippen LogP contribution in [-0.2, 0) is 33.4 Å². The van der Waals surface area contributed by atoms with Crippen LogP contribution in [0.5, 0.6) is 0 Å². The molecule has 3 aliphatic heterocycles. The van der Waals surface area contributed by atoms with Crippen molar-refractivity contribution in [3.63, 3.8) is 0 Å². The number of rotatable bonds is 5. The summed E-state index contributed by atoms with van der Waals surface area (Å²) in [5, 5.41) is 10.6. The third-order valence-corrected chi connectivity index (χ3v) is 9.50. The van der Waals surface area contributed by atoms with Gasteiger partial charge in [0.25, 0.3) is 0 Å². The average molecular weight is 599 g/mol. The van der Waals surface area contributed by atoms with Crippen LogP contribution in [0, 0.1) is 11.3 Å². The zero-order valence-corrected chi connectivity index (χ0v) is 24.9. The smallest absolute Gasteiger partial charge is 0.338 e. The molecule has 12 heteroatoms. The number of nitriles is 1. The van der Waals surface area contributed by atoms with Gasteiger partial charge in [-0.2, -0.15) is 5.26 Å². The fraction of sp³-hybridized carbons (Fsp3) is 0.406. The molecule has 6 rings (SSSR count). The maximum atomic E-state index is 13.9. The highest BCUT2D eigenvalue weighted by atomic mass is 16.5. The molecule has 12 nitrogen and oxygen atoms in total. The fourth-order valence-electron chi connectivity index (χ4n) is 7.50. The number of carbonyl (C=O) groups is 5. The van der Waals surface area contributed by atoms with E-state index in [0.29, 0.717) is 5.57 Å². The van der Waals surface area contributed by atoms with Crippen LogP contribution in [0.4, 0.5) is 0 Å². The van der Waals surface area contributed by atoms with Crippen LogP contribution in [0.3, 0.4) is 0 Å². The average Bonchev–Trinajstić information content (AvgIpc) is 3.02. The maximum Gasteiger partial charge on any atom is 0.338 e. The van der Waals surface area contributed by atoms with Gasteiger partial charge in [0, 0.05) is 57.9 Å². The molecule has 2 bridgehead atoms.